The van der Waals surface area contributed by atoms with E-state index >= 15 is 0 Å². The van der Waals surface area contributed by atoms with Crippen molar-refractivity contribution in [1.82, 2.24) is 0 Å². The molecule has 0 amide bonds. The molecule has 28 heavy (non-hydrogen) atoms. The molecule has 2 aromatic rings. The van der Waals surface area contributed by atoms with Crippen LogP contribution in [0.3, 0.4) is 0 Å². The summed E-state index contributed by atoms with van der Waals surface area (Å²) in [5.74, 6) is 1.89. The van der Waals surface area contributed by atoms with E-state index in [4.69, 9.17) is 14.6 Å². The number of rotatable bonds is 11. The van der Waals surface area contributed by atoms with Gasteiger partial charge in [0.15, 0.2) is 0 Å². The van der Waals surface area contributed by atoms with Crippen LogP contribution in [-0.2, 0) is 4.74 Å². The third-order valence-electron chi connectivity index (χ3n) is 5.22. The molecule has 1 N–H and O–H groups in total. The second-order valence-electron chi connectivity index (χ2n) is 7.37. The van der Waals surface area contributed by atoms with Gasteiger partial charge in [-0.15, -0.1) is 0 Å². The third-order valence-corrected chi connectivity index (χ3v) is 5.22. The van der Waals surface area contributed by atoms with Crippen LogP contribution in [0.2, 0.25) is 0 Å². The summed E-state index contributed by atoms with van der Waals surface area (Å²) < 4.78 is 11.7. The van der Waals surface area contributed by atoms with Crippen LogP contribution in [-0.4, -0.2) is 24.9 Å². The fourth-order valence-electron chi connectivity index (χ4n) is 3.39. The zero-order valence-electron chi connectivity index (χ0n) is 17.0. The standard InChI is InChI=1S/C25H32O3/c1-2-3-4-5-18-27-24-15-13-21(14-16-24)20-9-11-23(12-10-20)25(28-19-17-26)22-7-6-8-22/h9-16,26H,2-8,17-19H2,1H3. The lowest BCUT2D eigenvalue weighted by Crippen LogP contribution is -2.07. The van der Waals surface area contributed by atoms with Gasteiger partial charge in [-0.3, -0.25) is 0 Å². The Morgan fingerprint density at radius 2 is 1.54 bits per heavy atom. The van der Waals surface area contributed by atoms with Crippen molar-refractivity contribution in [2.75, 3.05) is 19.8 Å². The van der Waals surface area contributed by atoms with Crippen LogP contribution >= 0.6 is 0 Å². The molecule has 1 aliphatic rings. The van der Waals surface area contributed by atoms with Crippen LogP contribution in [0, 0.1) is 0 Å². The number of aliphatic hydroxyl groups is 1. The smallest absolute Gasteiger partial charge is 0.125 e. The largest absolute Gasteiger partial charge is 0.494 e. The van der Waals surface area contributed by atoms with Crippen LogP contribution in [0.25, 0.3) is 16.9 Å². The number of unbranched alkanes of at least 4 members (excludes halogenated alkanes) is 3. The number of hydrogen-bond acceptors (Lipinski definition) is 3. The zero-order valence-corrected chi connectivity index (χ0v) is 17.0. The molecule has 0 bridgehead atoms. The highest BCUT2D eigenvalue weighted by Gasteiger charge is 2.17. The first-order valence-corrected chi connectivity index (χ1v) is 10.6. The Hall–Kier alpha value is -2.26. The predicted molar refractivity (Wildman–Crippen MR) is 115 cm³/mol. The summed E-state index contributed by atoms with van der Waals surface area (Å²) in [6, 6.07) is 16.8. The minimum absolute atomic E-state index is 0.0435. The SMILES string of the molecule is CCCCCCOc1ccc(-c2ccc(C(OCCO)=C3CCC3)cc2)cc1. The average molecular weight is 381 g/mol. The molecule has 0 atom stereocenters. The molecular weight excluding hydrogens is 348 g/mol. The molecular formula is C25H32O3. The number of allylic oxidation sites excluding steroid dienone is 1. The van der Waals surface area contributed by atoms with Crippen molar-refractivity contribution in [3.63, 3.8) is 0 Å². The summed E-state index contributed by atoms with van der Waals surface area (Å²) in [6.45, 7) is 3.40. The Labute approximate surface area is 169 Å². The van der Waals surface area contributed by atoms with Crippen molar-refractivity contribution in [1.29, 1.82) is 0 Å². The number of hydrogen-bond donors (Lipinski definition) is 1. The fourth-order valence-corrected chi connectivity index (χ4v) is 3.39. The predicted octanol–water partition coefficient (Wildman–Crippen LogP) is 6.22. The van der Waals surface area contributed by atoms with Gasteiger partial charge in [0, 0.05) is 5.56 Å². The lowest BCUT2D eigenvalue weighted by molar-refractivity contribution is 0.178. The average Bonchev–Trinajstić information content (AvgIpc) is 2.70. The second kappa shape index (κ2) is 10.9. The highest BCUT2D eigenvalue weighted by Crippen LogP contribution is 2.35. The molecule has 1 saturated carbocycles. The Balaban J connectivity index is 1.61. The highest BCUT2D eigenvalue weighted by atomic mass is 16.5. The summed E-state index contributed by atoms with van der Waals surface area (Å²) in [4.78, 5) is 0. The first-order chi connectivity index (χ1) is 13.8. The van der Waals surface area contributed by atoms with Gasteiger partial charge >= 0.3 is 0 Å². The number of benzene rings is 2. The molecule has 1 fully saturated rings. The van der Waals surface area contributed by atoms with E-state index in [0.717, 1.165) is 42.9 Å². The van der Waals surface area contributed by atoms with E-state index in [0.29, 0.717) is 6.61 Å². The summed E-state index contributed by atoms with van der Waals surface area (Å²) >= 11 is 0. The maximum Gasteiger partial charge on any atom is 0.125 e. The molecule has 0 aliphatic heterocycles. The molecule has 3 rings (SSSR count). The molecule has 0 saturated heterocycles. The molecule has 3 nitrogen and oxygen atoms in total. The molecule has 150 valence electrons. The maximum atomic E-state index is 9.08. The van der Waals surface area contributed by atoms with Crippen molar-refractivity contribution in [3.8, 4) is 16.9 Å². The molecule has 0 aromatic heterocycles. The summed E-state index contributed by atoms with van der Waals surface area (Å²) in [5.41, 5.74) is 4.82. The Kier molecular flexibility index (Phi) is 7.98. The molecule has 0 heterocycles. The minimum atomic E-state index is 0.0435. The number of aliphatic hydroxyl groups excluding tert-OH is 1. The molecule has 1 aliphatic carbocycles. The van der Waals surface area contributed by atoms with E-state index in [9.17, 15) is 0 Å². The van der Waals surface area contributed by atoms with Gasteiger partial charge in [-0.2, -0.15) is 0 Å². The topological polar surface area (TPSA) is 38.7 Å². The van der Waals surface area contributed by atoms with E-state index < -0.39 is 0 Å². The van der Waals surface area contributed by atoms with Crippen molar-refractivity contribution < 1.29 is 14.6 Å². The van der Waals surface area contributed by atoms with Crippen molar-refractivity contribution in [2.45, 2.75) is 51.9 Å². The van der Waals surface area contributed by atoms with Crippen LogP contribution in [0.15, 0.2) is 54.1 Å². The molecule has 0 radical (unpaired) electrons. The lowest BCUT2D eigenvalue weighted by atomic mass is 9.89. The second-order valence-corrected chi connectivity index (χ2v) is 7.37. The highest BCUT2D eigenvalue weighted by molar-refractivity contribution is 5.70. The minimum Gasteiger partial charge on any atom is -0.494 e. The Bertz CT molecular complexity index is 738. The lowest BCUT2D eigenvalue weighted by Gasteiger charge is -2.22. The summed E-state index contributed by atoms with van der Waals surface area (Å²) in [7, 11) is 0. The quantitative estimate of drug-likeness (QED) is 0.372. The van der Waals surface area contributed by atoms with Gasteiger partial charge in [0.2, 0.25) is 0 Å². The molecule has 3 heteroatoms. The van der Waals surface area contributed by atoms with Gasteiger partial charge < -0.3 is 14.6 Å². The van der Waals surface area contributed by atoms with Crippen molar-refractivity contribution in [2.24, 2.45) is 0 Å². The Morgan fingerprint density at radius 3 is 2.11 bits per heavy atom. The maximum absolute atomic E-state index is 9.08. The molecule has 2 aromatic carbocycles. The fraction of sp³-hybridized carbons (Fsp3) is 0.440. The number of ether oxygens (including phenoxy) is 2. The van der Waals surface area contributed by atoms with Crippen LogP contribution < -0.4 is 4.74 Å². The summed E-state index contributed by atoms with van der Waals surface area (Å²) in [5, 5.41) is 9.08. The van der Waals surface area contributed by atoms with Gasteiger partial charge in [0.1, 0.15) is 18.1 Å². The van der Waals surface area contributed by atoms with Crippen molar-refractivity contribution in [3.05, 3.63) is 59.7 Å². The van der Waals surface area contributed by atoms with Gasteiger partial charge in [0.25, 0.3) is 0 Å². The Morgan fingerprint density at radius 1 is 0.857 bits per heavy atom. The van der Waals surface area contributed by atoms with E-state index in [1.165, 1.54) is 42.4 Å². The third kappa shape index (κ3) is 5.62. The van der Waals surface area contributed by atoms with Gasteiger partial charge in [-0.05, 0) is 54.5 Å². The van der Waals surface area contributed by atoms with Crippen LogP contribution in [0.4, 0.5) is 0 Å². The van der Waals surface area contributed by atoms with Crippen molar-refractivity contribution >= 4 is 5.76 Å². The first kappa shape index (κ1) is 20.5. The summed E-state index contributed by atoms with van der Waals surface area (Å²) in [6.07, 6.45) is 8.31. The van der Waals surface area contributed by atoms with Crippen LogP contribution in [0.5, 0.6) is 5.75 Å². The molecule has 0 spiro atoms. The van der Waals surface area contributed by atoms with Gasteiger partial charge in [0.05, 0.1) is 13.2 Å². The zero-order chi connectivity index (χ0) is 19.6. The van der Waals surface area contributed by atoms with Gasteiger partial charge in [-0.25, -0.2) is 0 Å². The van der Waals surface area contributed by atoms with E-state index in [-0.39, 0.29) is 6.61 Å². The van der Waals surface area contributed by atoms with E-state index in [1.54, 1.807) is 0 Å². The first-order valence-electron chi connectivity index (χ1n) is 10.6. The molecule has 0 unspecified atom stereocenters. The monoisotopic (exact) mass is 380 g/mol. The normalized spacial score (nSPS) is 13.1. The van der Waals surface area contributed by atoms with E-state index in [1.807, 2.05) is 0 Å². The van der Waals surface area contributed by atoms with Crippen LogP contribution in [0.1, 0.15) is 57.4 Å². The van der Waals surface area contributed by atoms with Gasteiger partial charge in [-0.1, -0.05) is 62.6 Å². The van der Waals surface area contributed by atoms with E-state index in [2.05, 4.69) is 55.5 Å².